The second-order valence-corrected chi connectivity index (χ2v) is 3.20. The van der Waals surface area contributed by atoms with E-state index in [1.165, 1.54) is 12.4 Å². The smallest absolute Gasteiger partial charge is 0.272 e. The summed E-state index contributed by atoms with van der Waals surface area (Å²) in [5, 5.41) is 0. The summed E-state index contributed by atoms with van der Waals surface area (Å²) < 4.78 is 5.13. The molecule has 1 amide bonds. The van der Waals surface area contributed by atoms with Crippen LogP contribution in [0.5, 0.6) is 0 Å². The van der Waals surface area contributed by atoms with Crippen molar-refractivity contribution in [3.8, 4) is 0 Å². The Bertz CT molecular complexity index is 409. The molecule has 2 rings (SSSR count). The maximum Gasteiger partial charge on any atom is 0.272 e. The van der Waals surface area contributed by atoms with Gasteiger partial charge in [-0.3, -0.25) is 9.59 Å². The molecule has 0 radical (unpaired) electrons. The van der Waals surface area contributed by atoms with Crippen LogP contribution in [-0.2, 0) is 4.74 Å². The molecule has 1 aromatic heterocycles. The van der Waals surface area contributed by atoms with E-state index < -0.39 is 0 Å². The second-order valence-electron chi connectivity index (χ2n) is 3.20. The van der Waals surface area contributed by atoms with Crippen molar-refractivity contribution in [2.45, 2.75) is 0 Å². The normalized spacial score (nSPS) is 16.4. The van der Waals surface area contributed by atoms with E-state index in [1.54, 1.807) is 4.90 Å². The molecule has 1 aliphatic heterocycles. The van der Waals surface area contributed by atoms with Crippen molar-refractivity contribution in [2.75, 3.05) is 26.3 Å². The standard InChI is InChI=1S/C9H11N3O3/c13-8-5-7(10-6-11-8)9(14)12-1-3-15-4-2-12/h5-6H,1-4H2,(H,10,11,13). The van der Waals surface area contributed by atoms with Crippen molar-refractivity contribution in [1.82, 2.24) is 14.9 Å². The molecule has 1 N–H and O–H groups in total. The second kappa shape index (κ2) is 4.22. The van der Waals surface area contributed by atoms with E-state index in [1.807, 2.05) is 0 Å². The van der Waals surface area contributed by atoms with E-state index in [4.69, 9.17) is 4.74 Å². The number of aromatic nitrogens is 2. The Morgan fingerprint density at radius 2 is 2.20 bits per heavy atom. The van der Waals surface area contributed by atoms with Crippen LogP contribution < -0.4 is 5.56 Å². The van der Waals surface area contributed by atoms with E-state index in [0.29, 0.717) is 26.3 Å². The first-order valence-corrected chi connectivity index (χ1v) is 4.69. The lowest BCUT2D eigenvalue weighted by Crippen LogP contribution is -2.41. The summed E-state index contributed by atoms with van der Waals surface area (Å²) in [4.78, 5) is 30.6. The number of hydrogen-bond acceptors (Lipinski definition) is 4. The zero-order valence-corrected chi connectivity index (χ0v) is 8.10. The molecule has 0 atom stereocenters. The van der Waals surface area contributed by atoms with Crippen LogP contribution in [0.1, 0.15) is 10.5 Å². The predicted octanol–water partition coefficient (Wildman–Crippen LogP) is -0.758. The van der Waals surface area contributed by atoms with Gasteiger partial charge in [-0.05, 0) is 0 Å². The quantitative estimate of drug-likeness (QED) is 0.659. The highest BCUT2D eigenvalue weighted by Gasteiger charge is 2.19. The van der Waals surface area contributed by atoms with E-state index in [2.05, 4.69) is 9.97 Å². The molecule has 0 spiro atoms. The molecular weight excluding hydrogens is 198 g/mol. The number of carbonyl (C=O) groups is 1. The highest BCUT2D eigenvalue weighted by Crippen LogP contribution is 2.02. The molecule has 0 unspecified atom stereocenters. The average Bonchev–Trinajstić information content (AvgIpc) is 2.29. The van der Waals surface area contributed by atoms with Gasteiger partial charge in [0.2, 0.25) is 0 Å². The molecule has 6 heteroatoms. The summed E-state index contributed by atoms with van der Waals surface area (Å²) in [5.74, 6) is -0.218. The Hall–Kier alpha value is -1.69. The minimum atomic E-state index is -0.318. The van der Waals surface area contributed by atoms with Gasteiger partial charge in [0.15, 0.2) is 0 Å². The fourth-order valence-corrected chi connectivity index (χ4v) is 1.41. The number of rotatable bonds is 1. The van der Waals surface area contributed by atoms with Gasteiger partial charge in [0.25, 0.3) is 11.5 Å². The van der Waals surface area contributed by atoms with Crippen LogP contribution in [0.2, 0.25) is 0 Å². The zero-order valence-electron chi connectivity index (χ0n) is 8.10. The molecule has 0 bridgehead atoms. The highest BCUT2D eigenvalue weighted by molar-refractivity contribution is 5.92. The summed E-state index contributed by atoms with van der Waals surface area (Å²) in [6, 6.07) is 1.21. The van der Waals surface area contributed by atoms with Crippen LogP contribution in [-0.4, -0.2) is 47.1 Å². The third-order valence-corrected chi connectivity index (χ3v) is 2.20. The van der Waals surface area contributed by atoms with Gasteiger partial charge < -0.3 is 14.6 Å². The largest absolute Gasteiger partial charge is 0.378 e. The van der Waals surface area contributed by atoms with Crippen LogP contribution in [0, 0.1) is 0 Å². The Morgan fingerprint density at radius 3 is 2.87 bits per heavy atom. The first kappa shape index (κ1) is 9.85. The Balaban J connectivity index is 2.16. The molecule has 1 saturated heterocycles. The fraction of sp³-hybridized carbons (Fsp3) is 0.444. The number of carbonyl (C=O) groups excluding carboxylic acids is 1. The van der Waals surface area contributed by atoms with Gasteiger partial charge in [-0.15, -0.1) is 0 Å². The molecule has 2 heterocycles. The molecule has 15 heavy (non-hydrogen) atoms. The van der Waals surface area contributed by atoms with Crippen molar-refractivity contribution in [3.63, 3.8) is 0 Å². The number of ether oxygens (including phenoxy) is 1. The van der Waals surface area contributed by atoms with Gasteiger partial charge >= 0.3 is 0 Å². The van der Waals surface area contributed by atoms with Crippen molar-refractivity contribution >= 4 is 5.91 Å². The molecule has 80 valence electrons. The lowest BCUT2D eigenvalue weighted by molar-refractivity contribution is 0.0299. The third kappa shape index (κ3) is 2.21. The zero-order chi connectivity index (χ0) is 10.7. The molecule has 0 aliphatic carbocycles. The topological polar surface area (TPSA) is 75.3 Å². The lowest BCUT2D eigenvalue weighted by atomic mass is 10.3. The van der Waals surface area contributed by atoms with E-state index in [9.17, 15) is 9.59 Å². The van der Waals surface area contributed by atoms with E-state index in [-0.39, 0.29) is 17.2 Å². The Morgan fingerprint density at radius 1 is 1.47 bits per heavy atom. The predicted molar refractivity (Wildman–Crippen MR) is 51.6 cm³/mol. The minimum absolute atomic E-state index is 0.181. The van der Waals surface area contributed by atoms with Gasteiger partial charge in [-0.25, -0.2) is 4.98 Å². The van der Waals surface area contributed by atoms with E-state index in [0.717, 1.165) is 0 Å². The van der Waals surface area contributed by atoms with Crippen molar-refractivity contribution in [2.24, 2.45) is 0 Å². The molecule has 1 fully saturated rings. The number of aromatic amines is 1. The Labute approximate surface area is 85.9 Å². The van der Waals surface area contributed by atoms with Gasteiger partial charge in [-0.2, -0.15) is 0 Å². The Kier molecular flexibility index (Phi) is 2.77. The number of morpholine rings is 1. The molecule has 6 nitrogen and oxygen atoms in total. The summed E-state index contributed by atoms with van der Waals surface area (Å²) in [6.07, 6.45) is 1.23. The molecule has 1 aromatic rings. The van der Waals surface area contributed by atoms with Crippen LogP contribution in [0.4, 0.5) is 0 Å². The maximum absolute atomic E-state index is 11.8. The minimum Gasteiger partial charge on any atom is -0.378 e. The summed E-state index contributed by atoms with van der Waals surface area (Å²) in [7, 11) is 0. The molecule has 0 saturated carbocycles. The van der Waals surface area contributed by atoms with Crippen LogP contribution >= 0.6 is 0 Å². The molecule has 0 aromatic carbocycles. The SMILES string of the molecule is O=C(c1cc(=O)[nH]cn1)N1CCOCC1. The lowest BCUT2D eigenvalue weighted by Gasteiger charge is -2.26. The number of H-pyrrole nitrogens is 1. The summed E-state index contributed by atoms with van der Waals surface area (Å²) in [5.41, 5.74) is -0.137. The van der Waals surface area contributed by atoms with Crippen molar-refractivity contribution < 1.29 is 9.53 Å². The first-order valence-electron chi connectivity index (χ1n) is 4.69. The number of hydrogen-bond donors (Lipinski definition) is 1. The maximum atomic E-state index is 11.8. The number of nitrogens with one attached hydrogen (secondary N) is 1. The average molecular weight is 209 g/mol. The highest BCUT2D eigenvalue weighted by atomic mass is 16.5. The third-order valence-electron chi connectivity index (χ3n) is 2.20. The van der Waals surface area contributed by atoms with Gasteiger partial charge in [0.05, 0.1) is 19.5 Å². The fourth-order valence-electron chi connectivity index (χ4n) is 1.41. The molecular formula is C9H11N3O3. The number of nitrogens with zero attached hydrogens (tertiary/aromatic N) is 2. The van der Waals surface area contributed by atoms with Crippen LogP contribution in [0.15, 0.2) is 17.2 Å². The first-order chi connectivity index (χ1) is 7.27. The van der Waals surface area contributed by atoms with E-state index >= 15 is 0 Å². The van der Waals surface area contributed by atoms with Gasteiger partial charge in [0, 0.05) is 19.2 Å². The van der Waals surface area contributed by atoms with Gasteiger partial charge in [0.1, 0.15) is 5.69 Å². The van der Waals surface area contributed by atoms with Crippen molar-refractivity contribution in [3.05, 3.63) is 28.4 Å². The monoisotopic (exact) mass is 209 g/mol. The number of amides is 1. The van der Waals surface area contributed by atoms with Crippen LogP contribution in [0.25, 0.3) is 0 Å². The van der Waals surface area contributed by atoms with Crippen molar-refractivity contribution in [1.29, 1.82) is 0 Å². The molecule has 1 aliphatic rings. The summed E-state index contributed by atoms with van der Waals surface area (Å²) in [6.45, 7) is 2.17. The van der Waals surface area contributed by atoms with Gasteiger partial charge in [-0.1, -0.05) is 0 Å². The summed E-state index contributed by atoms with van der Waals surface area (Å²) >= 11 is 0. The van der Waals surface area contributed by atoms with Crippen LogP contribution in [0.3, 0.4) is 0 Å².